The van der Waals surface area contributed by atoms with Crippen molar-refractivity contribution in [3.05, 3.63) is 53.6 Å². The predicted molar refractivity (Wildman–Crippen MR) is 53.2 cm³/mol. The van der Waals surface area contributed by atoms with Crippen molar-refractivity contribution in [1.82, 2.24) is 0 Å². The van der Waals surface area contributed by atoms with Gasteiger partial charge in [0, 0.05) is 5.57 Å². The van der Waals surface area contributed by atoms with Crippen LogP contribution in [0, 0.1) is 0 Å². The molecule has 0 unspecified atom stereocenters. The van der Waals surface area contributed by atoms with Gasteiger partial charge in [0.05, 0.1) is 0 Å². The zero-order chi connectivity index (χ0) is 9.10. The van der Waals surface area contributed by atoms with Gasteiger partial charge >= 0.3 is 0 Å². The lowest BCUT2D eigenvalue weighted by molar-refractivity contribution is -0.110. The van der Waals surface area contributed by atoms with Gasteiger partial charge in [-0.25, -0.2) is 0 Å². The third-order valence-corrected chi connectivity index (χ3v) is 2.06. The molecule has 0 aliphatic heterocycles. The molecule has 0 amide bonds. The zero-order valence-electron chi connectivity index (χ0n) is 7.23. The van der Waals surface area contributed by atoms with Gasteiger partial charge in [-0.1, -0.05) is 36.4 Å². The fraction of sp³-hybridized carbons (Fsp3) is 0.0833. The van der Waals surface area contributed by atoms with Crippen molar-refractivity contribution >= 4 is 11.9 Å². The zero-order valence-corrected chi connectivity index (χ0v) is 7.23. The summed E-state index contributed by atoms with van der Waals surface area (Å²) >= 11 is 0. The normalized spacial score (nSPS) is 18.5. The van der Waals surface area contributed by atoms with E-state index in [-0.39, 0.29) is 5.78 Å². The van der Waals surface area contributed by atoms with Crippen molar-refractivity contribution in [1.29, 1.82) is 0 Å². The quantitative estimate of drug-likeness (QED) is 0.592. The molecular weight excluding hydrogens is 160 g/mol. The van der Waals surface area contributed by atoms with Gasteiger partial charge in [-0.15, -0.1) is 0 Å². The Bertz CT molecular complexity index is 371. The largest absolute Gasteiger partial charge is 0.290 e. The number of ketones is 1. The molecule has 1 aliphatic rings. The summed E-state index contributed by atoms with van der Waals surface area (Å²) in [5.41, 5.74) is 1.97. The molecule has 1 nitrogen and oxygen atoms in total. The molecule has 0 radical (unpaired) electrons. The number of allylic oxidation sites excluding steroid dienone is 3. The van der Waals surface area contributed by atoms with E-state index < -0.39 is 0 Å². The van der Waals surface area contributed by atoms with Gasteiger partial charge in [-0.05, 0) is 24.1 Å². The van der Waals surface area contributed by atoms with E-state index >= 15 is 0 Å². The van der Waals surface area contributed by atoms with Gasteiger partial charge in [0.2, 0.25) is 0 Å². The van der Waals surface area contributed by atoms with Crippen LogP contribution in [0.2, 0.25) is 0 Å². The number of rotatable bonds is 1. The Kier molecular flexibility index (Phi) is 2.09. The second-order valence-corrected chi connectivity index (χ2v) is 3.05. The Balaban J connectivity index is 2.27. The summed E-state index contributed by atoms with van der Waals surface area (Å²) in [5, 5.41) is 0. The summed E-state index contributed by atoms with van der Waals surface area (Å²) in [4.78, 5) is 11.2. The monoisotopic (exact) mass is 170 g/mol. The van der Waals surface area contributed by atoms with E-state index in [1.165, 1.54) is 0 Å². The lowest BCUT2D eigenvalue weighted by Crippen LogP contribution is -1.90. The average molecular weight is 170 g/mol. The number of carbonyl (C=O) groups excluding carboxylic acids is 1. The van der Waals surface area contributed by atoms with Crippen LogP contribution >= 0.6 is 0 Å². The highest BCUT2D eigenvalue weighted by molar-refractivity contribution is 6.09. The van der Waals surface area contributed by atoms with E-state index in [1.54, 1.807) is 6.08 Å². The van der Waals surface area contributed by atoms with E-state index in [9.17, 15) is 4.79 Å². The molecule has 2 rings (SSSR count). The number of hydrogen-bond donors (Lipinski definition) is 0. The lowest BCUT2D eigenvalue weighted by atomic mass is 10.1. The second-order valence-electron chi connectivity index (χ2n) is 3.05. The molecule has 0 fully saturated rings. The van der Waals surface area contributed by atoms with Crippen molar-refractivity contribution < 1.29 is 4.79 Å². The van der Waals surface area contributed by atoms with E-state index in [0.29, 0.717) is 0 Å². The van der Waals surface area contributed by atoms with Crippen LogP contribution in [0.25, 0.3) is 6.08 Å². The first-order valence-corrected chi connectivity index (χ1v) is 4.33. The summed E-state index contributed by atoms with van der Waals surface area (Å²) < 4.78 is 0. The molecule has 0 atom stereocenters. The Morgan fingerprint density at radius 1 is 1.15 bits per heavy atom. The van der Waals surface area contributed by atoms with Crippen LogP contribution in [0.1, 0.15) is 12.0 Å². The first kappa shape index (κ1) is 7.99. The molecule has 13 heavy (non-hydrogen) atoms. The van der Waals surface area contributed by atoms with Gasteiger partial charge in [0.15, 0.2) is 5.78 Å². The summed E-state index contributed by atoms with van der Waals surface area (Å²) in [6.45, 7) is 0. The maximum Gasteiger partial charge on any atom is 0.181 e. The SMILES string of the molecule is O=C1C=CC/C1=C\c1ccccc1. The first-order chi connectivity index (χ1) is 6.36. The molecule has 1 heteroatoms. The van der Waals surface area contributed by atoms with Crippen molar-refractivity contribution in [2.24, 2.45) is 0 Å². The summed E-state index contributed by atoms with van der Waals surface area (Å²) in [7, 11) is 0. The minimum absolute atomic E-state index is 0.142. The maximum atomic E-state index is 11.2. The van der Waals surface area contributed by atoms with Gasteiger partial charge < -0.3 is 0 Å². The maximum absolute atomic E-state index is 11.2. The minimum atomic E-state index is 0.142. The van der Waals surface area contributed by atoms with Crippen LogP contribution in [0.3, 0.4) is 0 Å². The molecule has 0 N–H and O–H groups in total. The number of benzene rings is 1. The molecule has 64 valence electrons. The van der Waals surface area contributed by atoms with E-state index in [4.69, 9.17) is 0 Å². The first-order valence-electron chi connectivity index (χ1n) is 4.33. The predicted octanol–water partition coefficient (Wildman–Crippen LogP) is 2.60. The van der Waals surface area contributed by atoms with Crippen molar-refractivity contribution in [3.63, 3.8) is 0 Å². The molecule has 0 saturated carbocycles. The van der Waals surface area contributed by atoms with Gasteiger partial charge in [0.1, 0.15) is 0 Å². The molecule has 0 spiro atoms. The smallest absolute Gasteiger partial charge is 0.181 e. The standard InChI is InChI=1S/C12H10O/c13-12-8-4-7-11(12)9-10-5-2-1-3-6-10/h1-6,8-9H,7H2/b11-9+. The van der Waals surface area contributed by atoms with E-state index in [2.05, 4.69) is 0 Å². The van der Waals surface area contributed by atoms with Crippen molar-refractivity contribution in [2.45, 2.75) is 6.42 Å². The summed E-state index contributed by atoms with van der Waals surface area (Å²) in [6.07, 6.45) is 6.25. The highest BCUT2D eigenvalue weighted by Crippen LogP contribution is 2.16. The fourth-order valence-electron chi connectivity index (χ4n) is 1.38. The van der Waals surface area contributed by atoms with Gasteiger partial charge in [-0.2, -0.15) is 0 Å². The Morgan fingerprint density at radius 2 is 1.92 bits per heavy atom. The molecule has 1 aromatic carbocycles. The molecule has 0 bridgehead atoms. The third kappa shape index (κ3) is 1.75. The lowest BCUT2D eigenvalue weighted by Gasteiger charge is -1.95. The molecule has 1 aromatic rings. The Labute approximate surface area is 77.4 Å². The number of carbonyl (C=O) groups is 1. The van der Waals surface area contributed by atoms with Gasteiger partial charge in [-0.3, -0.25) is 4.79 Å². The minimum Gasteiger partial charge on any atom is -0.290 e. The third-order valence-electron chi connectivity index (χ3n) is 2.06. The molecule has 0 saturated heterocycles. The van der Waals surface area contributed by atoms with E-state index in [1.807, 2.05) is 42.5 Å². The van der Waals surface area contributed by atoms with Crippen molar-refractivity contribution in [3.8, 4) is 0 Å². The number of hydrogen-bond acceptors (Lipinski definition) is 1. The van der Waals surface area contributed by atoms with Gasteiger partial charge in [0.25, 0.3) is 0 Å². The van der Waals surface area contributed by atoms with Crippen LogP contribution < -0.4 is 0 Å². The Hall–Kier alpha value is -1.63. The second kappa shape index (κ2) is 3.40. The summed E-state index contributed by atoms with van der Waals surface area (Å²) in [5.74, 6) is 0.142. The topological polar surface area (TPSA) is 17.1 Å². The van der Waals surface area contributed by atoms with Crippen LogP contribution in [-0.4, -0.2) is 5.78 Å². The molecule has 0 heterocycles. The average Bonchev–Trinajstić information content (AvgIpc) is 2.54. The van der Waals surface area contributed by atoms with Crippen LogP contribution in [0.5, 0.6) is 0 Å². The fourth-order valence-corrected chi connectivity index (χ4v) is 1.38. The van der Waals surface area contributed by atoms with Crippen LogP contribution in [0.15, 0.2) is 48.1 Å². The van der Waals surface area contributed by atoms with E-state index in [0.717, 1.165) is 17.6 Å². The summed E-state index contributed by atoms with van der Waals surface area (Å²) in [6, 6.07) is 9.91. The highest BCUT2D eigenvalue weighted by Gasteiger charge is 2.09. The molecule has 1 aliphatic carbocycles. The van der Waals surface area contributed by atoms with Crippen LogP contribution in [0.4, 0.5) is 0 Å². The molecule has 0 aromatic heterocycles. The van der Waals surface area contributed by atoms with Crippen molar-refractivity contribution in [2.75, 3.05) is 0 Å². The van der Waals surface area contributed by atoms with Crippen LogP contribution in [-0.2, 0) is 4.79 Å². The highest BCUT2D eigenvalue weighted by atomic mass is 16.1. The molecular formula is C12H10O. The Morgan fingerprint density at radius 3 is 2.54 bits per heavy atom.